The number of hydroxylamine groups is 2. The summed E-state index contributed by atoms with van der Waals surface area (Å²) in [5, 5.41) is 13.7. The predicted octanol–water partition coefficient (Wildman–Crippen LogP) is 5.27. The van der Waals surface area contributed by atoms with Crippen LogP contribution >= 0.6 is 0 Å². The van der Waals surface area contributed by atoms with Gasteiger partial charge in [-0.05, 0) is 35.6 Å². The number of carbonyl (C=O) groups excluding carboxylic acids is 1. The van der Waals surface area contributed by atoms with E-state index < -0.39 is 0 Å². The molecule has 0 bridgehead atoms. The van der Waals surface area contributed by atoms with Gasteiger partial charge in [0.05, 0.1) is 12.8 Å². The fraction of sp³-hybridized carbons (Fsp3) is 0.320. The predicted molar refractivity (Wildman–Crippen MR) is 116 cm³/mol. The molecule has 5 nitrogen and oxygen atoms in total. The normalized spacial score (nSPS) is 20.3. The standard InChI is InChI=1S/C25H26N2O3/c1-25(2)13-20-23(21(28)14-25)22-17-6-4-5-7-18(17)26-24(22)19(27(20)29)12-15-8-10-16(30-3)11-9-15/h4-11,19,26,29H,12-14H2,1-3H3. The van der Waals surface area contributed by atoms with Crippen molar-refractivity contribution in [2.75, 3.05) is 7.11 Å². The third-order valence-electron chi connectivity index (χ3n) is 6.33. The van der Waals surface area contributed by atoms with Crippen molar-refractivity contribution in [3.8, 4) is 5.75 Å². The topological polar surface area (TPSA) is 65.6 Å². The number of H-pyrrole nitrogens is 1. The first-order valence-electron chi connectivity index (χ1n) is 10.4. The highest BCUT2D eigenvalue weighted by Crippen LogP contribution is 2.50. The second-order valence-electron chi connectivity index (χ2n) is 9.13. The fourth-order valence-corrected chi connectivity index (χ4v) is 4.93. The lowest BCUT2D eigenvalue weighted by atomic mass is 9.72. The fourth-order valence-electron chi connectivity index (χ4n) is 4.93. The number of hydrogen-bond donors (Lipinski definition) is 2. The molecule has 154 valence electrons. The summed E-state index contributed by atoms with van der Waals surface area (Å²) in [6.45, 7) is 4.18. The van der Waals surface area contributed by atoms with E-state index in [0.717, 1.165) is 39.2 Å². The Bertz CT molecular complexity index is 1170. The summed E-state index contributed by atoms with van der Waals surface area (Å²) in [6.07, 6.45) is 1.77. The van der Waals surface area contributed by atoms with Gasteiger partial charge in [0.2, 0.25) is 0 Å². The molecule has 0 fully saturated rings. The zero-order valence-electron chi connectivity index (χ0n) is 17.5. The number of fused-ring (bicyclic) bond motifs is 4. The van der Waals surface area contributed by atoms with Crippen LogP contribution in [0.15, 0.2) is 54.2 Å². The second kappa shape index (κ2) is 6.74. The highest BCUT2D eigenvalue weighted by molar-refractivity contribution is 6.26. The number of methoxy groups -OCH3 is 1. The average molecular weight is 402 g/mol. The van der Waals surface area contributed by atoms with Gasteiger partial charge in [-0.15, -0.1) is 0 Å². The smallest absolute Gasteiger partial charge is 0.165 e. The first kappa shape index (κ1) is 18.9. The molecule has 2 aliphatic rings. The van der Waals surface area contributed by atoms with Gasteiger partial charge in [-0.25, -0.2) is 0 Å². The average Bonchev–Trinajstić information content (AvgIpc) is 3.10. The number of nitrogens with one attached hydrogen (secondary N) is 1. The van der Waals surface area contributed by atoms with Crippen molar-refractivity contribution in [1.82, 2.24) is 10.0 Å². The molecule has 30 heavy (non-hydrogen) atoms. The molecule has 2 N–H and O–H groups in total. The molecule has 1 unspecified atom stereocenters. The van der Waals surface area contributed by atoms with Gasteiger partial charge in [0.1, 0.15) is 11.8 Å². The quantitative estimate of drug-likeness (QED) is 0.627. The number of aromatic nitrogens is 1. The van der Waals surface area contributed by atoms with Gasteiger partial charge in [0, 0.05) is 40.6 Å². The molecule has 1 aliphatic carbocycles. The lowest BCUT2D eigenvalue weighted by Gasteiger charge is -2.42. The largest absolute Gasteiger partial charge is 0.497 e. The van der Waals surface area contributed by atoms with Gasteiger partial charge >= 0.3 is 0 Å². The van der Waals surface area contributed by atoms with Crippen LogP contribution in [0.5, 0.6) is 5.75 Å². The zero-order valence-corrected chi connectivity index (χ0v) is 17.5. The number of benzene rings is 2. The minimum Gasteiger partial charge on any atom is -0.497 e. The van der Waals surface area contributed by atoms with Gasteiger partial charge in [0.25, 0.3) is 0 Å². The van der Waals surface area contributed by atoms with Crippen molar-refractivity contribution >= 4 is 22.3 Å². The number of aromatic amines is 1. The first-order valence-corrected chi connectivity index (χ1v) is 10.4. The lowest BCUT2D eigenvalue weighted by molar-refractivity contribution is -0.122. The van der Waals surface area contributed by atoms with Gasteiger partial charge < -0.3 is 9.72 Å². The molecular weight excluding hydrogens is 376 g/mol. The van der Waals surface area contributed by atoms with Crippen molar-refractivity contribution in [3.63, 3.8) is 0 Å². The van der Waals surface area contributed by atoms with Crippen LogP contribution in [-0.2, 0) is 11.2 Å². The van der Waals surface area contributed by atoms with E-state index >= 15 is 0 Å². The summed E-state index contributed by atoms with van der Waals surface area (Å²) < 4.78 is 5.27. The maximum absolute atomic E-state index is 13.2. The van der Waals surface area contributed by atoms with Crippen LogP contribution in [0.25, 0.3) is 16.5 Å². The van der Waals surface area contributed by atoms with Gasteiger partial charge in [-0.3, -0.25) is 15.1 Å². The molecule has 0 saturated heterocycles. The number of ketones is 1. The Morgan fingerprint density at radius 1 is 1.13 bits per heavy atom. The van der Waals surface area contributed by atoms with E-state index in [4.69, 9.17) is 4.74 Å². The molecule has 1 aliphatic heterocycles. The van der Waals surface area contributed by atoms with Crippen LogP contribution in [0, 0.1) is 5.41 Å². The van der Waals surface area contributed by atoms with Crippen LogP contribution in [-0.4, -0.2) is 28.1 Å². The minimum absolute atomic E-state index is 0.106. The molecule has 2 aromatic carbocycles. The zero-order chi connectivity index (χ0) is 21.0. The number of allylic oxidation sites excluding steroid dienone is 2. The molecule has 0 saturated carbocycles. The summed E-state index contributed by atoms with van der Waals surface area (Å²) in [7, 11) is 1.65. The molecule has 0 radical (unpaired) electrons. The maximum Gasteiger partial charge on any atom is 0.165 e. The molecule has 3 aromatic rings. The number of nitrogens with zero attached hydrogens (tertiary/aromatic N) is 1. The van der Waals surface area contributed by atoms with Crippen LogP contribution in [0.2, 0.25) is 0 Å². The Kier molecular flexibility index (Phi) is 4.26. The number of Topliss-reactive ketones (excluding diaryl/α,β-unsaturated/α-hetero) is 1. The molecule has 5 rings (SSSR count). The number of ether oxygens (including phenoxy) is 1. The van der Waals surface area contributed by atoms with E-state index in [-0.39, 0.29) is 17.2 Å². The highest BCUT2D eigenvalue weighted by Gasteiger charge is 2.43. The third kappa shape index (κ3) is 2.92. The van der Waals surface area contributed by atoms with Crippen LogP contribution in [0.1, 0.15) is 49.6 Å². The Morgan fingerprint density at radius 3 is 2.60 bits per heavy atom. The number of rotatable bonds is 3. The SMILES string of the molecule is COc1ccc(CC2c3[nH]c4ccccc4c3C3=C(CC(C)(C)CC3=O)N2O)cc1. The summed E-state index contributed by atoms with van der Waals surface area (Å²) in [6, 6.07) is 15.7. The molecule has 1 atom stereocenters. The molecule has 5 heteroatoms. The number of carbonyl (C=O) groups is 1. The van der Waals surface area contributed by atoms with Crippen molar-refractivity contribution in [2.24, 2.45) is 5.41 Å². The maximum atomic E-state index is 13.2. The van der Waals surface area contributed by atoms with Crippen molar-refractivity contribution < 1.29 is 14.7 Å². The second-order valence-corrected chi connectivity index (χ2v) is 9.13. The van der Waals surface area contributed by atoms with Crippen molar-refractivity contribution in [2.45, 2.75) is 39.2 Å². The summed E-state index contributed by atoms with van der Waals surface area (Å²) >= 11 is 0. The van der Waals surface area contributed by atoms with E-state index in [2.05, 4.69) is 24.9 Å². The lowest BCUT2D eigenvalue weighted by Crippen LogP contribution is -2.38. The Balaban J connectivity index is 1.67. The number of para-hydroxylation sites is 1. The minimum atomic E-state index is -0.291. The molecule has 2 heterocycles. The van der Waals surface area contributed by atoms with Crippen molar-refractivity contribution in [3.05, 3.63) is 71.0 Å². The van der Waals surface area contributed by atoms with E-state index in [0.29, 0.717) is 24.8 Å². The molecular formula is C25H26N2O3. The Labute approximate surface area is 175 Å². The molecule has 0 amide bonds. The van der Waals surface area contributed by atoms with E-state index in [1.807, 2.05) is 42.5 Å². The third-order valence-corrected chi connectivity index (χ3v) is 6.33. The van der Waals surface area contributed by atoms with E-state index in [1.165, 1.54) is 5.06 Å². The van der Waals surface area contributed by atoms with Gasteiger partial charge in [0.15, 0.2) is 5.78 Å². The number of hydrogen-bond acceptors (Lipinski definition) is 4. The van der Waals surface area contributed by atoms with Crippen LogP contribution in [0.4, 0.5) is 0 Å². The summed E-state index contributed by atoms with van der Waals surface area (Å²) in [4.78, 5) is 16.7. The Morgan fingerprint density at radius 2 is 1.87 bits per heavy atom. The molecule has 0 spiro atoms. The summed E-state index contributed by atoms with van der Waals surface area (Å²) in [5.74, 6) is 0.911. The van der Waals surface area contributed by atoms with Crippen molar-refractivity contribution in [1.29, 1.82) is 0 Å². The molecule has 1 aromatic heterocycles. The first-order chi connectivity index (χ1) is 14.4. The monoisotopic (exact) mass is 402 g/mol. The van der Waals surface area contributed by atoms with Gasteiger partial charge in [-0.1, -0.05) is 44.2 Å². The van der Waals surface area contributed by atoms with Gasteiger partial charge in [-0.2, -0.15) is 0 Å². The Hall–Kier alpha value is -3.05. The van der Waals surface area contributed by atoms with Crippen LogP contribution in [0.3, 0.4) is 0 Å². The highest BCUT2D eigenvalue weighted by atomic mass is 16.5. The van der Waals surface area contributed by atoms with Crippen LogP contribution < -0.4 is 4.74 Å². The summed E-state index contributed by atoms with van der Waals surface area (Å²) in [5.41, 5.74) is 5.19. The van der Waals surface area contributed by atoms with E-state index in [1.54, 1.807) is 7.11 Å². The van der Waals surface area contributed by atoms with E-state index in [9.17, 15) is 10.0 Å².